The number of rotatable bonds is 7. The highest BCUT2D eigenvalue weighted by Crippen LogP contribution is 2.43. The van der Waals surface area contributed by atoms with Crippen LogP contribution in [0, 0.1) is 0 Å². The summed E-state index contributed by atoms with van der Waals surface area (Å²) in [6.07, 6.45) is 1.37. The maximum atomic E-state index is 13.8. The zero-order chi connectivity index (χ0) is 29.7. The van der Waals surface area contributed by atoms with Gasteiger partial charge < -0.3 is 14.4 Å². The number of esters is 1. The van der Waals surface area contributed by atoms with Gasteiger partial charge in [-0.15, -0.1) is 0 Å². The number of amides is 3. The molecule has 3 amide bonds. The van der Waals surface area contributed by atoms with E-state index >= 15 is 0 Å². The maximum absolute atomic E-state index is 13.8. The number of carbonyl (C=O) groups excluding carboxylic acids is 4. The van der Waals surface area contributed by atoms with E-state index < -0.39 is 28.6 Å². The van der Waals surface area contributed by atoms with Crippen molar-refractivity contribution in [1.29, 1.82) is 0 Å². The van der Waals surface area contributed by atoms with Crippen LogP contribution in [0.3, 0.4) is 0 Å². The molecule has 2 aromatic rings. The van der Waals surface area contributed by atoms with Crippen LogP contribution in [-0.2, 0) is 30.0 Å². The van der Waals surface area contributed by atoms with E-state index in [9.17, 15) is 19.2 Å². The van der Waals surface area contributed by atoms with E-state index in [1.54, 1.807) is 31.4 Å². The van der Waals surface area contributed by atoms with Gasteiger partial charge in [-0.3, -0.25) is 14.4 Å². The Morgan fingerprint density at radius 2 is 1.28 bits per heavy atom. The van der Waals surface area contributed by atoms with Crippen molar-refractivity contribution >= 4 is 29.4 Å². The number of anilines is 1. The molecule has 39 heavy (non-hydrogen) atoms. The number of imide groups is 1. The molecule has 8 nitrogen and oxygen atoms in total. The number of hydrogen-bond acceptors (Lipinski definition) is 6. The third kappa shape index (κ3) is 7.78. The first-order chi connectivity index (χ1) is 18.0. The molecule has 0 aliphatic heterocycles. The molecule has 0 spiro atoms. The average molecular weight is 537 g/mol. The van der Waals surface area contributed by atoms with Crippen LogP contribution in [0.15, 0.2) is 54.2 Å². The van der Waals surface area contributed by atoms with Gasteiger partial charge in [-0.1, -0.05) is 59.7 Å². The Balaban J connectivity index is 2.71. The average Bonchev–Trinajstić information content (AvgIpc) is 2.81. The Hall–Kier alpha value is -3.94. The third-order valence-corrected chi connectivity index (χ3v) is 6.10. The van der Waals surface area contributed by atoms with Gasteiger partial charge in [0.25, 0.3) is 0 Å². The second kappa shape index (κ2) is 12.3. The first kappa shape index (κ1) is 31.3. The number of carbonyl (C=O) groups is 4. The van der Waals surface area contributed by atoms with Crippen LogP contribution in [0.25, 0.3) is 0 Å². The van der Waals surface area contributed by atoms with Crippen molar-refractivity contribution in [2.24, 2.45) is 0 Å². The quantitative estimate of drug-likeness (QED) is 0.263. The summed E-state index contributed by atoms with van der Waals surface area (Å²) in [4.78, 5) is 53.5. The van der Waals surface area contributed by atoms with E-state index in [-0.39, 0.29) is 18.1 Å². The Bertz CT molecular complexity index is 1220. The molecule has 0 saturated carbocycles. The minimum atomic E-state index is -0.891. The second-order valence-corrected chi connectivity index (χ2v) is 11.4. The van der Waals surface area contributed by atoms with Crippen LogP contribution in [0.4, 0.5) is 5.69 Å². The minimum absolute atomic E-state index is 0.0677. The maximum Gasteiger partial charge on any atom is 0.360 e. The lowest BCUT2D eigenvalue weighted by Gasteiger charge is -2.30. The van der Waals surface area contributed by atoms with Crippen molar-refractivity contribution < 1.29 is 28.7 Å². The van der Waals surface area contributed by atoms with E-state index in [2.05, 4.69) is 0 Å². The van der Waals surface area contributed by atoms with Crippen molar-refractivity contribution in [3.8, 4) is 11.5 Å². The number of hydrogen-bond donors (Lipinski definition) is 0. The molecule has 0 aliphatic carbocycles. The molecule has 0 unspecified atom stereocenters. The van der Waals surface area contributed by atoms with E-state index in [0.717, 1.165) is 16.0 Å². The van der Waals surface area contributed by atoms with Gasteiger partial charge in [-0.2, -0.15) is 0 Å². The monoisotopic (exact) mass is 536 g/mol. The van der Waals surface area contributed by atoms with Gasteiger partial charge in [-0.05, 0) is 41.2 Å². The molecular formula is C31H40N2O6. The summed E-state index contributed by atoms with van der Waals surface area (Å²) in [6, 6.07) is 12.5. The van der Waals surface area contributed by atoms with E-state index in [4.69, 9.17) is 9.47 Å². The highest BCUT2D eigenvalue weighted by molar-refractivity contribution is 6.04. The van der Waals surface area contributed by atoms with Crippen molar-refractivity contribution in [1.82, 2.24) is 4.90 Å². The van der Waals surface area contributed by atoms with Gasteiger partial charge in [0.2, 0.25) is 17.7 Å². The van der Waals surface area contributed by atoms with E-state index in [1.807, 2.05) is 59.7 Å². The SMILES string of the molecule is COc1cc(C(C)(C)C)c(OC(=O)/C(=C/CN(C(C)=O)c2ccccc2)N(C(C)=O)C(C)=O)c(C(C)(C)C)c1. The largest absolute Gasteiger partial charge is 0.497 e. The molecule has 0 saturated heterocycles. The Labute approximate surface area is 231 Å². The zero-order valence-corrected chi connectivity index (χ0v) is 24.7. The Kier molecular flexibility index (Phi) is 9.85. The summed E-state index contributed by atoms with van der Waals surface area (Å²) in [7, 11) is 1.58. The predicted molar refractivity (Wildman–Crippen MR) is 152 cm³/mol. The van der Waals surface area contributed by atoms with Gasteiger partial charge in [0, 0.05) is 44.1 Å². The predicted octanol–water partition coefficient (Wildman–Crippen LogP) is 5.53. The van der Waals surface area contributed by atoms with Gasteiger partial charge in [0.1, 0.15) is 17.2 Å². The smallest absolute Gasteiger partial charge is 0.360 e. The Morgan fingerprint density at radius 1 is 0.795 bits per heavy atom. The second-order valence-electron chi connectivity index (χ2n) is 11.4. The molecular weight excluding hydrogens is 496 g/mol. The van der Waals surface area contributed by atoms with Crippen LogP contribution in [0.2, 0.25) is 0 Å². The fourth-order valence-corrected chi connectivity index (χ4v) is 4.12. The minimum Gasteiger partial charge on any atom is -0.497 e. The van der Waals surface area contributed by atoms with Crippen LogP contribution < -0.4 is 14.4 Å². The van der Waals surface area contributed by atoms with Gasteiger partial charge in [0.05, 0.1) is 7.11 Å². The Morgan fingerprint density at radius 3 is 1.67 bits per heavy atom. The highest BCUT2D eigenvalue weighted by Gasteiger charge is 2.33. The molecule has 2 rings (SSSR count). The third-order valence-electron chi connectivity index (χ3n) is 6.10. The number of ether oxygens (including phenoxy) is 2. The van der Waals surface area contributed by atoms with Crippen LogP contribution in [0.5, 0.6) is 11.5 Å². The van der Waals surface area contributed by atoms with E-state index in [0.29, 0.717) is 17.2 Å². The summed E-state index contributed by atoms with van der Waals surface area (Å²) >= 11 is 0. The molecule has 0 heterocycles. The first-order valence-corrected chi connectivity index (χ1v) is 12.8. The van der Waals surface area contributed by atoms with Crippen LogP contribution >= 0.6 is 0 Å². The summed E-state index contributed by atoms with van der Waals surface area (Å²) in [5.41, 5.74) is 0.915. The van der Waals surface area contributed by atoms with Crippen molar-refractivity contribution in [2.45, 2.75) is 73.1 Å². The molecule has 0 bridgehead atoms. The van der Waals surface area contributed by atoms with Crippen LogP contribution in [-0.4, -0.2) is 42.2 Å². The molecule has 0 radical (unpaired) electrons. The number of benzene rings is 2. The van der Waals surface area contributed by atoms with Gasteiger partial charge in [-0.25, -0.2) is 9.69 Å². The lowest BCUT2D eigenvalue weighted by atomic mass is 9.79. The molecule has 0 fully saturated rings. The van der Waals surface area contributed by atoms with Gasteiger partial charge in [0.15, 0.2) is 0 Å². The molecule has 0 N–H and O–H groups in total. The van der Waals surface area contributed by atoms with Gasteiger partial charge >= 0.3 is 5.97 Å². The fourth-order valence-electron chi connectivity index (χ4n) is 4.12. The molecule has 0 atom stereocenters. The molecule has 210 valence electrons. The standard InChI is InChI=1S/C31H40N2O6/c1-20(34)32(23-14-12-11-13-15-23)17-16-27(33(21(2)35)22(3)36)29(37)39-28-25(30(4,5)6)18-24(38-10)19-26(28)31(7,8)9/h11-16,18-19H,17H2,1-10H3/b27-16-. The number of methoxy groups -OCH3 is 1. The first-order valence-electron chi connectivity index (χ1n) is 12.8. The zero-order valence-electron chi connectivity index (χ0n) is 24.7. The normalized spacial score (nSPS) is 12.0. The summed E-state index contributed by atoms with van der Waals surface area (Å²) in [6.45, 7) is 15.7. The van der Waals surface area contributed by atoms with Crippen molar-refractivity contribution in [2.75, 3.05) is 18.6 Å². The number of para-hydroxylation sites is 1. The van der Waals surface area contributed by atoms with E-state index in [1.165, 1.54) is 31.7 Å². The summed E-state index contributed by atoms with van der Waals surface area (Å²) < 4.78 is 11.6. The molecule has 0 aromatic heterocycles. The molecule has 0 aliphatic rings. The molecule has 2 aromatic carbocycles. The summed E-state index contributed by atoms with van der Waals surface area (Å²) in [5.74, 6) is -1.51. The van der Waals surface area contributed by atoms with Crippen LogP contribution in [0.1, 0.15) is 73.4 Å². The fraction of sp³-hybridized carbons (Fsp3) is 0.419. The molecule has 8 heteroatoms. The van der Waals surface area contributed by atoms with Crippen molar-refractivity contribution in [3.63, 3.8) is 0 Å². The lowest BCUT2D eigenvalue weighted by Crippen LogP contribution is -2.39. The summed E-state index contributed by atoms with van der Waals surface area (Å²) in [5, 5.41) is 0. The topological polar surface area (TPSA) is 93.2 Å². The lowest BCUT2D eigenvalue weighted by molar-refractivity contribution is -0.145. The highest BCUT2D eigenvalue weighted by atomic mass is 16.5. The number of nitrogens with zero attached hydrogens (tertiary/aromatic N) is 2. The van der Waals surface area contributed by atoms with Crippen molar-refractivity contribution in [3.05, 3.63) is 65.4 Å².